The summed E-state index contributed by atoms with van der Waals surface area (Å²) in [5.74, 6) is 7.42. The van der Waals surface area contributed by atoms with Crippen molar-refractivity contribution in [3.8, 4) is 11.8 Å². The lowest BCUT2D eigenvalue weighted by Gasteiger charge is -2.42. The minimum atomic E-state index is -0.301. The summed E-state index contributed by atoms with van der Waals surface area (Å²) >= 11 is 0. The number of nitrogens with zero attached hydrogens (tertiary/aromatic N) is 2. The van der Waals surface area contributed by atoms with Gasteiger partial charge in [-0.2, -0.15) is 0 Å². The van der Waals surface area contributed by atoms with E-state index in [1.807, 2.05) is 0 Å². The van der Waals surface area contributed by atoms with Crippen molar-refractivity contribution in [3.05, 3.63) is 63.8 Å². The van der Waals surface area contributed by atoms with Crippen molar-refractivity contribution in [2.75, 3.05) is 44.3 Å². The molecule has 2 aliphatic carbocycles. The number of hydrogen-bond donors (Lipinski definition) is 1. The molecule has 2 aromatic carbocycles. The molecular weight excluding hydrogens is 482 g/mol. The number of aryl methyl sites for hydroxylation is 1. The van der Waals surface area contributed by atoms with E-state index in [0.717, 1.165) is 84.7 Å². The molecule has 39 heavy (non-hydrogen) atoms. The third kappa shape index (κ3) is 4.29. The Morgan fingerprint density at radius 1 is 1.03 bits per heavy atom. The van der Waals surface area contributed by atoms with Crippen LogP contribution in [0.4, 0.5) is 5.69 Å². The first-order valence-corrected chi connectivity index (χ1v) is 14.9. The first-order chi connectivity index (χ1) is 18.9. The fraction of sp³-hybridized carbons (Fsp3) is 0.500. The molecule has 7 rings (SSSR count). The molecule has 5 heteroatoms. The van der Waals surface area contributed by atoms with E-state index >= 15 is 0 Å². The molecule has 0 spiro atoms. The van der Waals surface area contributed by atoms with Crippen LogP contribution in [0.1, 0.15) is 84.8 Å². The van der Waals surface area contributed by atoms with E-state index in [0.29, 0.717) is 12.0 Å². The molecule has 0 amide bonds. The molecular formula is C34H39N3O2. The smallest absolute Gasteiger partial charge is 0.195 e. The van der Waals surface area contributed by atoms with Crippen molar-refractivity contribution in [3.63, 3.8) is 0 Å². The van der Waals surface area contributed by atoms with Crippen LogP contribution in [0.2, 0.25) is 0 Å². The van der Waals surface area contributed by atoms with Crippen LogP contribution in [0.3, 0.4) is 0 Å². The average Bonchev–Trinajstić information content (AvgIpc) is 3.72. The Labute approximate surface area is 231 Å². The Balaban J connectivity index is 1.23. The number of ketones is 1. The van der Waals surface area contributed by atoms with E-state index < -0.39 is 0 Å². The highest BCUT2D eigenvalue weighted by Crippen LogP contribution is 2.46. The van der Waals surface area contributed by atoms with Crippen LogP contribution in [0.5, 0.6) is 0 Å². The summed E-state index contributed by atoms with van der Waals surface area (Å²) in [7, 11) is 0. The molecule has 1 saturated carbocycles. The number of aromatic amines is 1. The quantitative estimate of drug-likeness (QED) is 0.452. The van der Waals surface area contributed by atoms with Crippen molar-refractivity contribution in [1.29, 1.82) is 0 Å². The summed E-state index contributed by atoms with van der Waals surface area (Å²) in [6.45, 7) is 12.7. The van der Waals surface area contributed by atoms with E-state index in [-0.39, 0.29) is 11.2 Å². The van der Waals surface area contributed by atoms with Crippen LogP contribution >= 0.6 is 0 Å². The molecule has 3 fully saturated rings. The van der Waals surface area contributed by atoms with Gasteiger partial charge in [-0.1, -0.05) is 38.7 Å². The van der Waals surface area contributed by atoms with Gasteiger partial charge in [0.1, 0.15) is 0 Å². The molecule has 4 aliphatic rings. The van der Waals surface area contributed by atoms with Gasteiger partial charge in [-0.25, -0.2) is 0 Å². The average molecular weight is 522 g/mol. The molecule has 0 bridgehead atoms. The van der Waals surface area contributed by atoms with E-state index in [2.05, 4.69) is 77.7 Å². The zero-order valence-corrected chi connectivity index (χ0v) is 23.5. The number of benzene rings is 2. The minimum absolute atomic E-state index is 0.148. The third-order valence-corrected chi connectivity index (χ3v) is 9.53. The molecule has 0 radical (unpaired) electrons. The number of nitrogens with one attached hydrogen (secondary N) is 1. The predicted octanol–water partition coefficient (Wildman–Crippen LogP) is 5.66. The van der Waals surface area contributed by atoms with Crippen molar-refractivity contribution in [1.82, 2.24) is 9.88 Å². The third-order valence-electron chi connectivity index (χ3n) is 9.53. The molecule has 2 saturated heterocycles. The number of hydrogen-bond acceptors (Lipinski definition) is 4. The number of anilines is 1. The van der Waals surface area contributed by atoms with E-state index in [1.54, 1.807) is 0 Å². The molecule has 1 N–H and O–H groups in total. The summed E-state index contributed by atoms with van der Waals surface area (Å²) in [5, 5.41) is 1.01. The number of fused-ring (bicyclic) bond motifs is 4. The second kappa shape index (κ2) is 9.54. The lowest BCUT2D eigenvalue weighted by atomic mass is 9.70. The molecule has 0 unspecified atom stereocenters. The first kappa shape index (κ1) is 24.9. The summed E-state index contributed by atoms with van der Waals surface area (Å²) in [6.07, 6.45) is 5.73. The monoisotopic (exact) mass is 521 g/mol. The van der Waals surface area contributed by atoms with Gasteiger partial charge >= 0.3 is 0 Å². The highest BCUT2D eigenvalue weighted by molar-refractivity contribution is 6.20. The van der Waals surface area contributed by atoms with Crippen LogP contribution in [-0.2, 0) is 16.6 Å². The maximum atomic E-state index is 14.1. The van der Waals surface area contributed by atoms with Gasteiger partial charge in [-0.05, 0) is 67.5 Å². The largest absolute Gasteiger partial charge is 0.379 e. The predicted molar refractivity (Wildman–Crippen MR) is 157 cm³/mol. The molecule has 2 aliphatic heterocycles. The van der Waals surface area contributed by atoms with Crippen LogP contribution in [0.25, 0.3) is 10.9 Å². The molecule has 1 aromatic heterocycles. The van der Waals surface area contributed by atoms with Crippen LogP contribution < -0.4 is 4.90 Å². The molecule has 3 aromatic rings. The number of aromatic nitrogens is 1. The molecule has 3 heterocycles. The fourth-order valence-electron chi connectivity index (χ4n) is 6.99. The maximum absolute atomic E-state index is 14.1. The number of carbonyl (C=O) groups excluding carboxylic acids is 1. The van der Waals surface area contributed by atoms with E-state index in [4.69, 9.17) is 4.74 Å². The van der Waals surface area contributed by atoms with Crippen molar-refractivity contribution >= 4 is 22.4 Å². The zero-order chi connectivity index (χ0) is 26.7. The zero-order valence-electron chi connectivity index (χ0n) is 23.5. The van der Waals surface area contributed by atoms with Gasteiger partial charge in [0, 0.05) is 77.0 Å². The second-order valence-electron chi connectivity index (χ2n) is 12.4. The van der Waals surface area contributed by atoms with Crippen molar-refractivity contribution in [2.24, 2.45) is 5.92 Å². The Bertz CT molecular complexity index is 1500. The van der Waals surface area contributed by atoms with Crippen LogP contribution in [-0.4, -0.2) is 61.1 Å². The van der Waals surface area contributed by atoms with Gasteiger partial charge in [-0.3, -0.25) is 9.69 Å². The van der Waals surface area contributed by atoms with Gasteiger partial charge in [-0.15, -0.1) is 0 Å². The van der Waals surface area contributed by atoms with E-state index in [1.165, 1.54) is 36.9 Å². The minimum Gasteiger partial charge on any atom is -0.379 e. The maximum Gasteiger partial charge on any atom is 0.195 e. The topological polar surface area (TPSA) is 48.6 Å². The summed E-state index contributed by atoms with van der Waals surface area (Å²) in [6, 6.07) is 11.5. The highest BCUT2D eigenvalue weighted by Gasteiger charge is 2.40. The fourth-order valence-corrected chi connectivity index (χ4v) is 6.99. The summed E-state index contributed by atoms with van der Waals surface area (Å²) in [4.78, 5) is 22.9. The summed E-state index contributed by atoms with van der Waals surface area (Å²) in [5.41, 5.74) is 8.21. The lowest BCUT2D eigenvalue weighted by molar-refractivity contribution is 0.0115. The van der Waals surface area contributed by atoms with Gasteiger partial charge in [0.2, 0.25) is 0 Å². The van der Waals surface area contributed by atoms with Crippen molar-refractivity contribution < 1.29 is 9.53 Å². The second-order valence-corrected chi connectivity index (χ2v) is 12.4. The Morgan fingerprint density at radius 2 is 1.79 bits per heavy atom. The Hall–Kier alpha value is -3.07. The van der Waals surface area contributed by atoms with Crippen molar-refractivity contribution in [2.45, 2.75) is 64.3 Å². The SMILES string of the molecule is CCc1cc2c(cc1N1CCC(N3CCOCC3)CC1)C(C)(C)c1[nH]c3cc(C#CC4CC4)ccc3c1C2=O. The van der Waals surface area contributed by atoms with Crippen LogP contribution in [0.15, 0.2) is 30.3 Å². The number of piperidine rings is 1. The molecule has 5 nitrogen and oxygen atoms in total. The number of rotatable bonds is 3. The molecule has 202 valence electrons. The van der Waals surface area contributed by atoms with Gasteiger partial charge in [0.05, 0.1) is 18.8 Å². The van der Waals surface area contributed by atoms with Gasteiger partial charge in [0.25, 0.3) is 0 Å². The van der Waals surface area contributed by atoms with Crippen LogP contribution in [0, 0.1) is 17.8 Å². The number of morpholine rings is 1. The standard InChI is InChI=1S/C34H39N3O2/c1-4-24-20-27-28(21-30(24)37-13-11-25(12-14-37)36-15-17-39-18-16-36)34(2,3)33-31(32(27)38)26-10-9-23(19-29(26)35-33)8-7-22-5-6-22/h9-10,19-22,25,35H,4-6,11-18H2,1-3H3. The number of ether oxygens (including phenoxy) is 1. The van der Waals surface area contributed by atoms with Gasteiger partial charge in [0.15, 0.2) is 5.78 Å². The Morgan fingerprint density at radius 3 is 2.51 bits per heavy atom. The molecule has 0 atom stereocenters. The lowest BCUT2D eigenvalue weighted by Crippen LogP contribution is -2.49. The highest BCUT2D eigenvalue weighted by atomic mass is 16.5. The summed E-state index contributed by atoms with van der Waals surface area (Å²) < 4.78 is 5.58. The van der Waals surface area contributed by atoms with E-state index in [9.17, 15) is 4.79 Å². The Kier molecular flexibility index (Phi) is 6.10. The number of carbonyl (C=O) groups is 1. The first-order valence-electron chi connectivity index (χ1n) is 14.9. The normalized spacial score (nSPS) is 21.4. The van der Waals surface area contributed by atoms with Gasteiger partial charge < -0.3 is 14.6 Å². The number of H-pyrrole nitrogens is 1.